The molecule has 0 spiro atoms. The maximum atomic E-state index is 12.7. The molecule has 0 aliphatic heterocycles. The average molecular weight is 341 g/mol. The number of carbonyl (C=O) groups is 1. The molecule has 4 aromatic rings. The second-order valence-corrected chi connectivity index (χ2v) is 7.46. The summed E-state index contributed by atoms with van der Waals surface area (Å²) >= 11 is 3.07. The van der Waals surface area contributed by atoms with E-state index in [2.05, 4.69) is 24.0 Å². The summed E-state index contributed by atoms with van der Waals surface area (Å²) in [5, 5.41) is 2.01. The highest BCUT2D eigenvalue weighted by molar-refractivity contribution is 7.21. The highest BCUT2D eigenvalue weighted by atomic mass is 32.1. The third-order valence-electron chi connectivity index (χ3n) is 3.97. The van der Waals surface area contributed by atoms with Crippen molar-refractivity contribution < 1.29 is 4.79 Å². The molecule has 6 heteroatoms. The molecular weight excluding hydrogens is 326 g/mol. The Labute approximate surface area is 141 Å². The second kappa shape index (κ2) is 5.47. The molecule has 0 aliphatic rings. The van der Waals surface area contributed by atoms with Crippen LogP contribution in [-0.2, 0) is 6.54 Å². The highest BCUT2D eigenvalue weighted by Gasteiger charge is 2.18. The van der Waals surface area contributed by atoms with Gasteiger partial charge in [0.05, 0.1) is 10.4 Å². The molecule has 116 valence electrons. The maximum absolute atomic E-state index is 12.7. The summed E-state index contributed by atoms with van der Waals surface area (Å²) in [5.41, 5.74) is 3.39. The molecule has 4 rings (SSSR count). The predicted octanol–water partition coefficient (Wildman–Crippen LogP) is 4.19. The van der Waals surface area contributed by atoms with Crippen LogP contribution in [0.3, 0.4) is 0 Å². The Morgan fingerprint density at radius 2 is 2.17 bits per heavy atom. The number of amides is 1. The number of imidazole rings is 1. The summed E-state index contributed by atoms with van der Waals surface area (Å²) in [4.78, 5) is 21.7. The van der Waals surface area contributed by atoms with Crippen LogP contribution >= 0.6 is 22.7 Å². The number of rotatable bonds is 3. The van der Waals surface area contributed by atoms with E-state index in [-0.39, 0.29) is 5.91 Å². The third-order valence-corrected chi connectivity index (χ3v) is 5.73. The fraction of sp³-hybridized carbons (Fsp3) is 0.176. The van der Waals surface area contributed by atoms with Gasteiger partial charge in [-0.25, -0.2) is 4.98 Å². The van der Waals surface area contributed by atoms with Crippen LogP contribution in [0.4, 0.5) is 0 Å². The van der Waals surface area contributed by atoms with Gasteiger partial charge in [0, 0.05) is 25.2 Å². The van der Waals surface area contributed by atoms with Crippen LogP contribution in [0.5, 0.6) is 0 Å². The SMILES string of the molecule is Cc1ccccc1CN(C)C(=O)c1cc2c(nc3sccn32)s1. The first-order valence-corrected chi connectivity index (χ1v) is 8.98. The molecule has 0 N–H and O–H groups in total. The number of fused-ring (bicyclic) bond motifs is 3. The van der Waals surface area contributed by atoms with Gasteiger partial charge in [-0.1, -0.05) is 24.3 Å². The first-order valence-electron chi connectivity index (χ1n) is 7.28. The van der Waals surface area contributed by atoms with Crippen molar-refractivity contribution in [3.63, 3.8) is 0 Å². The van der Waals surface area contributed by atoms with E-state index < -0.39 is 0 Å². The molecule has 3 aromatic heterocycles. The molecule has 0 bridgehead atoms. The van der Waals surface area contributed by atoms with E-state index in [1.54, 1.807) is 16.2 Å². The van der Waals surface area contributed by atoms with Gasteiger partial charge >= 0.3 is 0 Å². The van der Waals surface area contributed by atoms with Crippen molar-refractivity contribution in [3.05, 3.63) is 57.9 Å². The van der Waals surface area contributed by atoms with E-state index >= 15 is 0 Å². The van der Waals surface area contributed by atoms with Crippen molar-refractivity contribution in [2.24, 2.45) is 0 Å². The fourth-order valence-electron chi connectivity index (χ4n) is 2.66. The molecule has 0 fully saturated rings. The Kier molecular flexibility index (Phi) is 3.43. The van der Waals surface area contributed by atoms with Crippen molar-refractivity contribution in [1.82, 2.24) is 14.3 Å². The number of aryl methyl sites for hydroxylation is 1. The lowest BCUT2D eigenvalue weighted by Crippen LogP contribution is -2.25. The third kappa shape index (κ3) is 2.44. The molecule has 0 radical (unpaired) electrons. The number of carbonyl (C=O) groups excluding carboxylic acids is 1. The van der Waals surface area contributed by atoms with Crippen molar-refractivity contribution in [1.29, 1.82) is 0 Å². The zero-order valence-corrected chi connectivity index (χ0v) is 14.4. The van der Waals surface area contributed by atoms with Crippen LogP contribution in [-0.4, -0.2) is 27.2 Å². The van der Waals surface area contributed by atoms with Crippen molar-refractivity contribution in [2.45, 2.75) is 13.5 Å². The molecule has 0 unspecified atom stereocenters. The van der Waals surface area contributed by atoms with Crippen LogP contribution in [0.15, 0.2) is 41.9 Å². The van der Waals surface area contributed by atoms with Gasteiger partial charge < -0.3 is 4.90 Å². The highest BCUT2D eigenvalue weighted by Crippen LogP contribution is 2.29. The number of aromatic nitrogens is 2. The van der Waals surface area contributed by atoms with E-state index in [0.717, 1.165) is 20.2 Å². The number of hydrogen-bond acceptors (Lipinski definition) is 4. The Bertz CT molecular complexity index is 1010. The first kappa shape index (κ1) is 14.4. The van der Waals surface area contributed by atoms with Crippen LogP contribution < -0.4 is 0 Å². The van der Waals surface area contributed by atoms with E-state index in [4.69, 9.17) is 0 Å². The minimum atomic E-state index is 0.0419. The van der Waals surface area contributed by atoms with Gasteiger partial charge in [-0.2, -0.15) is 0 Å². The first-order chi connectivity index (χ1) is 11.1. The Hall–Kier alpha value is -2.18. The lowest BCUT2D eigenvalue weighted by Gasteiger charge is -2.17. The summed E-state index contributed by atoms with van der Waals surface area (Å²) in [6.07, 6.45) is 1.99. The number of nitrogens with zero attached hydrogens (tertiary/aromatic N) is 3. The molecule has 23 heavy (non-hydrogen) atoms. The van der Waals surface area contributed by atoms with Gasteiger partial charge in [-0.15, -0.1) is 22.7 Å². The van der Waals surface area contributed by atoms with Crippen LogP contribution in [0, 0.1) is 6.92 Å². The van der Waals surface area contributed by atoms with E-state index in [9.17, 15) is 4.79 Å². The lowest BCUT2D eigenvalue weighted by atomic mass is 10.1. The molecular formula is C17H15N3OS2. The summed E-state index contributed by atoms with van der Waals surface area (Å²) in [5.74, 6) is 0.0419. The van der Waals surface area contributed by atoms with Crippen LogP contribution in [0.1, 0.15) is 20.8 Å². The number of benzene rings is 1. The quantitative estimate of drug-likeness (QED) is 0.560. The fourth-order valence-corrected chi connectivity index (χ4v) is 4.45. The number of thiazole rings is 1. The van der Waals surface area contributed by atoms with Crippen molar-refractivity contribution >= 4 is 43.9 Å². The monoisotopic (exact) mass is 341 g/mol. The Morgan fingerprint density at radius 1 is 1.35 bits per heavy atom. The van der Waals surface area contributed by atoms with Crippen molar-refractivity contribution in [2.75, 3.05) is 7.05 Å². The maximum Gasteiger partial charge on any atom is 0.264 e. The van der Waals surface area contributed by atoms with Gasteiger partial charge in [0.2, 0.25) is 0 Å². The zero-order chi connectivity index (χ0) is 16.0. The Morgan fingerprint density at radius 3 is 3.00 bits per heavy atom. The normalized spacial score (nSPS) is 11.4. The average Bonchev–Trinajstić information content (AvgIpc) is 3.20. The van der Waals surface area contributed by atoms with Crippen molar-refractivity contribution in [3.8, 4) is 0 Å². The Balaban J connectivity index is 1.62. The van der Waals surface area contributed by atoms with Gasteiger partial charge in [0.25, 0.3) is 5.91 Å². The zero-order valence-electron chi connectivity index (χ0n) is 12.8. The van der Waals surface area contributed by atoms with Gasteiger partial charge in [-0.3, -0.25) is 9.20 Å². The molecule has 1 amide bonds. The predicted molar refractivity (Wildman–Crippen MR) is 95.4 cm³/mol. The second-order valence-electron chi connectivity index (χ2n) is 5.56. The van der Waals surface area contributed by atoms with E-state index in [0.29, 0.717) is 6.54 Å². The molecule has 4 nitrogen and oxygen atoms in total. The molecule has 1 aromatic carbocycles. The van der Waals surface area contributed by atoms with E-state index in [1.807, 2.05) is 41.2 Å². The standard InChI is InChI=1S/C17H15N3OS2/c1-11-5-3-4-6-12(11)10-19(2)16(21)14-9-13-15(23-14)18-17-20(13)7-8-22-17/h3-9H,10H2,1-2H3. The lowest BCUT2D eigenvalue weighted by molar-refractivity contribution is 0.0790. The topological polar surface area (TPSA) is 37.6 Å². The molecule has 3 heterocycles. The largest absolute Gasteiger partial charge is 0.337 e. The molecule has 0 saturated carbocycles. The number of hydrogen-bond donors (Lipinski definition) is 0. The van der Waals surface area contributed by atoms with Gasteiger partial charge in [0.15, 0.2) is 4.96 Å². The summed E-state index contributed by atoms with van der Waals surface area (Å²) in [6, 6.07) is 10.1. The summed E-state index contributed by atoms with van der Waals surface area (Å²) in [7, 11) is 1.85. The molecule has 0 aliphatic carbocycles. The van der Waals surface area contributed by atoms with Gasteiger partial charge in [0.1, 0.15) is 4.83 Å². The number of thiophene rings is 1. The minimum absolute atomic E-state index is 0.0419. The smallest absolute Gasteiger partial charge is 0.264 e. The molecule has 0 atom stereocenters. The van der Waals surface area contributed by atoms with E-state index in [1.165, 1.54) is 22.5 Å². The van der Waals surface area contributed by atoms with Crippen LogP contribution in [0.2, 0.25) is 0 Å². The summed E-state index contributed by atoms with van der Waals surface area (Å²) < 4.78 is 2.04. The van der Waals surface area contributed by atoms with Crippen LogP contribution in [0.25, 0.3) is 15.3 Å². The molecule has 0 saturated heterocycles. The van der Waals surface area contributed by atoms with Gasteiger partial charge in [-0.05, 0) is 24.1 Å². The minimum Gasteiger partial charge on any atom is -0.337 e. The summed E-state index contributed by atoms with van der Waals surface area (Å²) in [6.45, 7) is 2.68.